The fraction of sp³-hybridized carbons (Fsp3) is 0.643. The third kappa shape index (κ3) is 3.60. The highest BCUT2D eigenvalue weighted by Gasteiger charge is 2.29. The maximum Gasteiger partial charge on any atom is 0.260 e. The Balaban J connectivity index is 2.10. The van der Waals surface area contributed by atoms with E-state index in [-0.39, 0.29) is 5.03 Å². The number of nitrogens with two attached hydrogens (primary N) is 1. The first-order chi connectivity index (χ1) is 9.98. The van der Waals surface area contributed by atoms with Crippen LogP contribution in [0.15, 0.2) is 23.4 Å². The van der Waals surface area contributed by atoms with E-state index in [4.69, 9.17) is 5.73 Å². The molecule has 1 aromatic rings. The Hall–Kier alpha value is -1.02. The van der Waals surface area contributed by atoms with Crippen molar-refractivity contribution in [3.05, 3.63) is 23.9 Å². The number of hydrogen-bond donors (Lipinski definition) is 1. The Morgan fingerprint density at radius 2 is 2.24 bits per heavy atom. The van der Waals surface area contributed by atoms with Gasteiger partial charge >= 0.3 is 0 Å². The summed E-state index contributed by atoms with van der Waals surface area (Å²) in [6, 6.07) is 3.54. The molecule has 21 heavy (non-hydrogen) atoms. The maximum atomic E-state index is 12.5. The number of likely N-dealkylation sites (N-methyl/N-ethyl adjacent to an activating group) is 2. The summed E-state index contributed by atoms with van der Waals surface area (Å²) in [5.74, 6) is 0. The van der Waals surface area contributed by atoms with Crippen LogP contribution in [-0.4, -0.2) is 55.3 Å². The maximum absolute atomic E-state index is 12.5. The van der Waals surface area contributed by atoms with Crippen molar-refractivity contribution >= 4 is 10.0 Å². The molecule has 0 radical (unpaired) electrons. The molecule has 1 fully saturated rings. The van der Waals surface area contributed by atoms with Crippen LogP contribution in [0.2, 0.25) is 0 Å². The average molecular weight is 312 g/mol. The minimum atomic E-state index is -3.53. The van der Waals surface area contributed by atoms with Crippen molar-refractivity contribution in [3.63, 3.8) is 0 Å². The molecule has 2 heterocycles. The number of sulfonamides is 1. The molecule has 1 aliphatic heterocycles. The van der Waals surface area contributed by atoms with Gasteiger partial charge in [0.2, 0.25) is 0 Å². The quantitative estimate of drug-likeness (QED) is 0.834. The second-order valence-electron chi connectivity index (χ2n) is 5.42. The van der Waals surface area contributed by atoms with Gasteiger partial charge in [0.15, 0.2) is 5.03 Å². The molecule has 118 valence electrons. The van der Waals surface area contributed by atoms with Crippen LogP contribution in [-0.2, 0) is 16.6 Å². The van der Waals surface area contributed by atoms with Crippen molar-refractivity contribution < 1.29 is 8.42 Å². The van der Waals surface area contributed by atoms with E-state index in [1.54, 1.807) is 13.1 Å². The zero-order valence-electron chi connectivity index (χ0n) is 12.7. The van der Waals surface area contributed by atoms with E-state index in [0.717, 1.165) is 31.5 Å². The lowest BCUT2D eigenvalue weighted by Gasteiger charge is -2.27. The lowest BCUT2D eigenvalue weighted by molar-refractivity contribution is 0.237. The number of pyridine rings is 1. The van der Waals surface area contributed by atoms with Gasteiger partial charge in [-0.25, -0.2) is 13.4 Å². The molecule has 7 heteroatoms. The van der Waals surface area contributed by atoms with Crippen LogP contribution >= 0.6 is 0 Å². The summed E-state index contributed by atoms with van der Waals surface area (Å²) in [5.41, 5.74) is 6.33. The zero-order valence-corrected chi connectivity index (χ0v) is 13.5. The molecule has 1 aliphatic rings. The summed E-state index contributed by atoms with van der Waals surface area (Å²) < 4.78 is 26.5. The number of nitrogens with zero attached hydrogens (tertiary/aromatic N) is 3. The van der Waals surface area contributed by atoms with Crippen LogP contribution in [0.25, 0.3) is 0 Å². The summed E-state index contributed by atoms with van der Waals surface area (Å²) in [6.45, 7) is 4.99. The molecule has 0 bridgehead atoms. The molecule has 6 nitrogen and oxygen atoms in total. The lowest BCUT2D eigenvalue weighted by atomic mass is 10.2. The van der Waals surface area contributed by atoms with Crippen LogP contribution < -0.4 is 5.73 Å². The molecule has 0 saturated carbocycles. The Labute approximate surface area is 127 Å². The molecular weight excluding hydrogens is 288 g/mol. The fourth-order valence-corrected chi connectivity index (χ4v) is 3.87. The Kier molecular flexibility index (Phi) is 5.32. The second kappa shape index (κ2) is 6.83. The third-order valence-corrected chi connectivity index (χ3v) is 5.82. The van der Waals surface area contributed by atoms with Crippen LogP contribution in [0.1, 0.15) is 25.3 Å². The zero-order chi connectivity index (χ0) is 15.5. The fourth-order valence-electron chi connectivity index (χ4n) is 2.76. The van der Waals surface area contributed by atoms with Crippen molar-refractivity contribution in [1.29, 1.82) is 0 Å². The predicted molar refractivity (Wildman–Crippen MR) is 82.2 cm³/mol. The van der Waals surface area contributed by atoms with E-state index in [9.17, 15) is 8.42 Å². The van der Waals surface area contributed by atoms with Crippen LogP contribution in [0.3, 0.4) is 0 Å². The summed E-state index contributed by atoms with van der Waals surface area (Å²) >= 11 is 0. The molecular formula is C14H24N4O2S. The molecule has 0 aromatic carbocycles. The number of hydrogen-bond acceptors (Lipinski definition) is 5. The first-order valence-electron chi connectivity index (χ1n) is 7.34. The first-order valence-corrected chi connectivity index (χ1v) is 8.78. The summed E-state index contributed by atoms with van der Waals surface area (Å²) in [4.78, 5) is 6.36. The topological polar surface area (TPSA) is 79.5 Å². The van der Waals surface area contributed by atoms with Crippen molar-refractivity contribution in [2.75, 3.05) is 26.7 Å². The Bertz CT molecular complexity index is 559. The van der Waals surface area contributed by atoms with Crippen molar-refractivity contribution in [1.82, 2.24) is 14.2 Å². The third-order valence-electron chi connectivity index (χ3n) is 4.08. The SMILES string of the molecule is CCN1CCCC1CN(C)S(=O)(=O)c1ccc(CN)cn1. The second-order valence-corrected chi connectivity index (χ2v) is 7.41. The summed E-state index contributed by atoms with van der Waals surface area (Å²) in [7, 11) is -1.90. The van der Waals surface area contributed by atoms with Gasteiger partial charge in [-0.05, 0) is 37.6 Å². The van der Waals surface area contributed by atoms with Gasteiger partial charge < -0.3 is 5.73 Å². The van der Waals surface area contributed by atoms with Gasteiger partial charge in [-0.3, -0.25) is 4.90 Å². The van der Waals surface area contributed by atoms with E-state index in [1.165, 1.54) is 16.6 Å². The Morgan fingerprint density at radius 3 is 2.81 bits per heavy atom. The molecule has 0 aliphatic carbocycles. The summed E-state index contributed by atoms with van der Waals surface area (Å²) in [6.07, 6.45) is 3.71. The van der Waals surface area contributed by atoms with Crippen LogP contribution in [0, 0.1) is 0 Å². The average Bonchev–Trinajstić information content (AvgIpc) is 2.94. The monoisotopic (exact) mass is 312 g/mol. The molecule has 2 N–H and O–H groups in total. The number of likely N-dealkylation sites (tertiary alicyclic amines) is 1. The molecule has 1 unspecified atom stereocenters. The summed E-state index contributed by atoms with van der Waals surface area (Å²) in [5, 5.41) is 0.0863. The van der Waals surface area contributed by atoms with E-state index in [2.05, 4.69) is 16.8 Å². The molecule has 2 rings (SSSR count). The highest BCUT2D eigenvalue weighted by atomic mass is 32.2. The first kappa shape index (κ1) is 16.4. The highest BCUT2D eigenvalue weighted by molar-refractivity contribution is 7.89. The largest absolute Gasteiger partial charge is 0.326 e. The van der Waals surface area contributed by atoms with Gasteiger partial charge in [0.1, 0.15) is 0 Å². The van der Waals surface area contributed by atoms with Crippen LogP contribution in [0.4, 0.5) is 0 Å². The van der Waals surface area contributed by atoms with Crippen molar-refractivity contribution in [3.8, 4) is 0 Å². The Morgan fingerprint density at radius 1 is 1.48 bits per heavy atom. The molecule has 0 amide bonds. The number of aromatic nitrogens is 1. The van der Waals surface area contributed by atoms with Crippen molar-refractivity contribution in [2.45, 2.75) is 37.4 Å². The van der Waals surface area contributed by atoms with Gasteiger partial charge in [0.05, 0.1) is 0 Å². The molecule has 0 spiro atoms. The van der Waals surface area contributed by atoms with Gasteiger partial charge in [-0.1, -0.05) is 13.0 Å². The minimum absolute atomic E-state index is 0.0863. The molecule has 1 saturated heterocycles. The normalized spacial score (nSPS) is 20.3. The smallest absolute Gasteiger partial charge is 0.260 e. The van der Waals surface area contributed by atoms with E-state index in [1.807, 2.05) is 0 Å². The van der Waals surface area contributed by atoms with Gasteiger partial charge in [0.25, 0.3) is 10.0 Å². The standard InChI is InChI=1S/C14H24N4O2S/c1-3-18-8-4-5-13(18)11-17(2)21(19,20)14-7-6-12(9-15)10-16-14/h6-7,10,13H,3-5,8-9,11,15H2,1-2H3. The molecule has 1 atom stereocenters. The van der Waals surface area contributed by atoms with E-state index in [0.29, 0.717) is 19.1 Å². The van der Waals surface area contributed by atoms with E-state index < -0.39 is 10.0 Å². The van der Waals surface area contributed by atoms with Crippen LogP contribution in [0.5, 0.6) is 0 Å². The number of rotatable bonds is 6. The minimum Gasteiger partial charge on any atom is -0.326 e. The molecule has 1 aromatic heterocycles. The van der Waals surface area contributed by atoms with E-state index >= 15 is 0 Å². The predicted octanol–water partition coefficient (Wildman–Crippen LogP) is 0.645. The highest BCUT2D eigenvalue weighted by Crippen LogP contribution is 2.20. The van der Waals surface area contributed by atoms with Gasteiger partial charge in [0, 0.05) is 32.4 Å². The van der Waals surface area contributed by atoms with Gasteiger partial charge in [-0.2, -0.15) is 4.31 Å². The lowest BCUT2D eigenvalue weighted by Crippen LogP contribution is -2.41. The van der Waals surface area contributed by atoms with Crippen molar-refractivity contribution in [2.24, 2.45) is 5.73 Å². The van der Waals surface area contributed by atoms with Gasteiger partial charge in [-0.15, -0.1) is 0 Å².